The molecule has 4 heteroatoms. The molecule has 0 saturated carbocycles. The van der Waals surface area contributed by atoms with E-state index in [2.05, 4.69) is 33.0 Å². The minimum absolute atomic E-state index is 0.820. The molecule has 2 N–H and O–H groups in total. The maximum absolute atomic E-state index is 6.17. The van der Waals surface area contributed by atoms with E-state index in [0.29, 0.717) is 0 Å². The molecule has 0 aliphatic rings. The summed E-state index contributed by atoms with van der Waals surface area (Å²) in [6.45, 7) is 0. The van der Waals surface area contributed by atoms with Gasteiger partial charge in [0.05, 0.1) is 10.6 Å². The Kier molecular flexibility index (Phi) is 2.61. The molecule has 1 aromatic carbocycles. The van der Waals surface area contributed by atoms with Crippen molar-refractivity contribution >= 4 is 43.2 Å². The number of benzene rings is 1. The summed E-state index contributed by atoms with van der Waals surface area (Å²) in [7, 11) is 0. The molecule has 0 atom stereocenters. The van der Waals surface area contributed by atoms with E-state index in [1.165, 1.54) is 0 Å². The van der Waals surface area contributed by atoms with Crippen LogP contribution in [-0.2, 0) is 0 Å². The third kappa shape index (κ3) is 1.83. The molecule has 3 rings (SSSR count). The highest BCUT2D eigenvalue weighted by molar-refractivity contribution is 9.10. The van der Waals surface area contributed by atoms with Crippen LogP contribution in [0.25, 0.3) is 20.7 Å². The summed E-state index contributed by atoms with van der Waals surface area (Å²) in [5.41, 5.74) is 8.12. The minimum atomic E-state index is 0.820. The first kappa shape index (κ1) is 10.7. The summed E-state index contributed by atoms with van der Waals surface area (Å²) in [5.74, 6) is 0. The summed E-state index contributed by atoms with van der Waals surface area (Å²) < 4.78 is 1.07. The van der Waals surface area contributed by atoms with E-state index in [0.717, 1.165) is 30.8 Å². The van der Waals surface area contributed by atoms with E-state index in [1.54, 1.807) is 17.5 Å². The maximum atomic E-state index is 6.17. The van der Waals surface area contributed by atoms with Gasteiger partial charge in [-0.2, -0.15) is 0 Å². The fourth-order valence-electron chi connectivity index (χ4n) is 1.77. The molecule has 2 heterocycles. The first-order valence-corrected chi connectivity index (χ1v) is 6.75. The molecular formula is C13H9BrN2S. The molecule has 0 amide bonds. The molecule has 0 aliphatic heterocycles. The maximum Gasteiger partial charge on any atom is 0.125 e. The van der Waals surface area contributed by atoms with Crippen molar-refractivity contribution in [2.45, 2.75) is 0 Å². The smallest absolute Gasteiger partial charge is 0.125 e. The number of rotatable bonds is 1. The fraction of sp³-hybridized carbons (Fsp3) is 0. The molecule has 17 heavy (non-hydrogen) atoms. The lowest BCUT2D eigenvalue weighted by molar-refractivity contribution is 1.45. The zero-order chi connectivity index (χ0) is 11.8. The Bertz CT molecular complexity index is 673. The predicted octanol–water partition coefficient (Wildman–Crippen LogP) is 4.31. The Morgan fingerprint density at radius 1 is 1.12 bits per heavy atom. The van der Waals surface area contributed by atoms with Crippen LogP contribution in [0.5, 0.6) is 0 Å². The highest BCUT2D eigenvalue weighted by atomic mass is 79.9. The van der Waals surface area contributed by atoms with Gasteiger partial charge in [-0.15, -0.1) is 11.3 Å². The second-order valence-electron chi connectivity index (χ2n) is 3.71. The third-order valence-corrected chi connectivity index (χ3v) is 4.32. The van der Waals surface area contributed by atoms with E-state index in [1.807, 2.05) is 24.3 Å². The molecule has 0 fully saturated rings. The first-order chi connectivity index (χ1) is 8.25. The molecule has 3 aromatic rings. The number of nitrogen functional groups attached to an aromatic ring is 1. The van der Waals surface area contributed by atoms with Crippen LogP contribution < -0.4 is 5.73 Å². The molecular weight excluding hydrogens is 296 g/mol. The number of hydrogen-bond donors (Lipinski definition) is 1. The number of hydrogen-bond acceptors (Lipinski definition) is 3. The number of aromatic nitrogens is 1. The van der Waals surface area contributed by atoms with Crippen LogP contribution in [-0.4, -0.2) is 4.98 Å². The Hall–Kier alpha value is -1.39. The van der Waals surface area contributed by atoms with Gasteiger partial charge in [-0.1, -0.05) is 28.1 Å². The molecule has 0 radical (unpaired) electrons. The third-order valence-electron chi connectivity index (χ3n) is 2.61. The van der Waals surface area contributed by atoms with E-state index in [4.69, 9.17) is 5.73 Å². The van der Waals surface area contributed by atoms with Crippen molar-refractivity contribution in [2.75, 3.05) is 5.73 Å². The number of thiophene rings is 1. The van der Waals surface area contributed by atoms with Gasteiger partial charge < -0.3 is 5.73 Å². The van der Waals surface area contributed by atoms with Crippen molar-refractivity contribution in [3.05, 3.63) is 47.1 Å². The minimum Gasteiger partial charge on any atom is -0.397 e. The van der Waals surface area contributed by atoms with Crippen molar-refractivity contribution in [3.63, 3.8) is 0 Å². The Morgan fingerprint density at radius 2 is 1.88 bits per heavy atom. The van der Waals surface area contributed by atoms with Gasteiger partial charge in [0.1, 0.15) is 4.83 Å². The number of anilines is 1. The molecule has 0 saturated heterocycles. The van der Waals surface area contributed by atoms with E-state index >= 15 is 0 Å². The van der Waals surface area contributed by atoms with Gasteiger partial charge >= 0.3 is 0 Å². The number of pyridine rings is 1. The van der Waals surface area contributed by atoms with Crippen LogP contribution in [0.15, 0.2) is 47.1 Å². The van der Waals surface area contributed by atoms with Gasteiger partial charge in [-0.3, -0.25) is 0 Å². The molecule has 0 aliphatic carbocycles. The van der Waals surface area contributed by atoms with Crippen LogP contribution in [0.1, 0.15) is 0 Å². The topological polar surface area (TPSA) is 38.9 Å². The number of nitrogens with two attached hydrogens (primary N) is 1. The van der Waals surface area contributed by atoms with Gasteiger partial charge in [0.15, 0.2) is 0 Å². The van der Waals surface area contributed by atoms with Gasteiger partial charge in [0.2, 0.25) is 0 Å². The van der Waals surface area contributed by atoms with Crippen molar-refractivity contribution < 1.29 is 0 Å². The van der Waals surface area contributed by atoms with Crippen LogP contribution in [0.2, 0.25) is 0 Å². The number of halogens is 1. The van der Waals surface area contributed by atoms with E-state index in [9.17, 15) is 0 Å². The monoisotopic (exact) mass is 304 g/mol. The molecule has 0 spiro atoms. The largest absolute Gasteiger partial charge is 0.397 e. The van der Waals surface area contributed by atoms with Crippen LogP contribution in [0, 0.1) is 0 Å². The van der Waals surface area contributed by atoms with Gasteiger partial charge in [0.25, 0.3) is 0 Å². The zero-order valence-electron chi connectivity index (χ0n) is 8.85. The lowest BCUT2D eigenvalue weighted by Gasteiger charge is -1.99. The van der Waals surface area contributed by atoms with Crippen molar-refractivity contribution in [3.8, 4) is 10.4 Å². The summed E-state index contributed by atoms with van der Waals surface area (Å²) in [5, 5.41) is 1.04. The normalized spacial score (nSPS) is 10.9. The highest BCUT2D eigenvalue weighted by Gasteiger charge is 2.11. The van der Waals surface area contributed by atoms with Gasteiger partial charge in [-0.25, -0.2) is 4.98 Å². The van der Waals surface area contributed by atoms with Gasteiger partial charge in [-0.05, 0) is 29.8 Å². The quantitative estimate of drug-likeness (QED) is 0.727. The second kappa shape index (κ2) is 4.13. The van der Waals surface area contributed by atoms with Crippen molar-refractivity contribution in [1.82, 2.24) is 4.98 Å². The molecule has 2 aromatic heterocycles. The Morgan fingerprint density at radius 3 is 2.59 bits per heavy atom. The number of fused-ring (bicyclic) bond motifs is 1. The van der Waals surface area contributed by atoms with E-state index < -0.39 is 0 Å². The number of nitrogens with zero attached hydrogens (tertiary/aromatic N) is 1. The summed E-state index contributed by atoms with van der Waals surface area (Å²) in [4.78, 5) is 6.41. The fourth-order valence-corrected chi connectivity index (χ4v) is 3.10. The van der Waals surface area contributed by atoms with Crippen LogP contribution in [0.3, 0.4) is 0 Å². The lowest BCUT2D eigenvalue weighted by Crippen LogP contribution is -1.85. The average molecular weight is 305 g/mol. The SMILES string of the molecule is Nc1c(-c2ccc(Br)cc2)sc2ncccc12. The Labute approximate surface area is 111 Å². The van der Waals surface area contributed by atoms with Crippen LogP contribution >= 0.6 is 27.3 Å². The van der Waals surface area contributed by atoms with E-state index in [-0.39, 0.29) is 0 Å². The summed E-state index contributed by atoms with van der Waals surface area (Å²) in [6, 6.07) is 12.1. The highest BCUT2D eigenvalue weighted by Crippen LogP contribution is 2.39. The van der Waals surface area contributed by atoms with Crippen molar-refractivity contribution in [2.24, 2.45) is 0 Å². The first-order valence-electron chi connectivity index (χ1n) is 5.14. The zero-order valence-corrected chi connectivity index (χ0v) is 11.3. The molecule has 84 valence electrons. The lowest BCUT2D eigenvalue weighted by atomic mass is 10.1. The van der Waals surface area contributed by atoms with Gasteiger partial charge in [0, 0.05) is 16.1 Å². The molecule has 2 nitrogen and oxygen atoms in total. The molecule has 0 unspecified atom stereocenters. The summed E-state index contributed by atoms with van der Waals surface area (Å²) >= 11 is 5.06. The second-order valence-corrected chi connectivity index (χ2v) is 5.62. The average Bonchev–Trinajstić information content (AvgIpc) is 2.69. The molecule has 0 bridgehead atoms. The van der Waals surface area contributed by atoms with Crippen LogP contribution in [0.4, 0.5) is 5.69 Å². The Balaban J connectivity index is 2.24. The standard InChI is InChI=1S/C13H9BrN2S/c14-9-5-3-8(4-6-9)12-11(15)10-2-1-7-16-13(10)17-12/h1-7H,15H2. The summed E-state index contributed by atoms with van der Waals surface area (Å²) in [6.07, 6.45) is 1.80. The predicted molar refractivity (Wildman–Crippen MR) is 77.2 cm³/mol. The van der Waals surface area contributed by atoms with Crippen molar-refractivity contribution in [1.29, 1.82) is 0 Å².